The number of nitrogens with zero attached hydrogens (tertiary/aromatic N) is 2. The van der Waals surface area contributed by atoms with Crippen molar-refractivity contribution in [3.63, 3.8) is 0 Å². The van der Waals surface area contributed by atoms with E-state index in [4.69, 9.17) is 5.11 Å². The molecule has 106 valence electrons. The Morgan fingerprint density at radius 2 is 2.05 bits per heavy atom. The minimum atomic E-state index is -4.55. The number of carboxylic acids is 1. The van der Waals surface area contributed by atoms with E-state index in [1.165, 1.54) is 6.92 Å². The summed E-state index contributed by atoms with van der Waals surface area (Å²) in [6.45, 7) is 1.58. The van der Waals surface area contributed by atoms with Crippen molar-refractivity contribution in [3.05, 3.63) is 39.8 Å². The van der Waals surface area contributed by atoms with Gasteiger partial charge in [-0.3, -0.25) is 4.79 Å². The normalized spacial score (nSPS) is 11.8. The van der Waals surface area contributed by atoms with E-state index in [2.05, 4.69) is 4.98 Å². The second-order valence-corrected chi connectivity index (χ2v) is 4.02. The molecule has 5 nitrogen and oxygen atoms in total. The molecule has 0 fully saturated rings. The summed E-state index contributed by atoms with van der Waals surface area (Å²) in [6.07, 6.45) is -4.55. The first kappa shape index (κ1) is 14.0. The first-order valence-corrected chi connectivity index (χ1v) is 5.60. The lowest BCUT2D eigenvalue weighted by atomic mass is 10.1. The number of aromatic nitrogens is 2. The minimum Gasteiger partial charge on any atom is -0.476 e. The van der Waals surface area contributed by atoms with E-state index in [0.717, 1.165) is 22.8 Å². The fourth-order valence-electron chi connectivity index (χ4n) is 1.87. The van der Waals surface area contributed by atoms with Gasteiger partial charge in [0.05, 0.1) is 16.6 Å². The molecule has 2 rings (SSSR count). The molecule has 0 amide bonds. The summed E-state index contributed by atoms with van der Waals surface area (Å²) in [7, 11) is 0. The van der Waals surface area contributed by atoms with Crippen LogP contribution in [-0.4, -0.2) is 20.6 Å². The average molecular weight is 286 g/mol. The molecule has 0 aliphatic carbocycles. The van der Waals surface area contributed by atoms with Gasteiger partial charge < -0.3 is 9.67 Å². The number of hydrogen-bond acceptors (Lipinski definition) is 3. The van der Waals surface area contributed by atoms with Gasteiger partial charge in [0.1, 0.15) is 0 Å². The lowest BCUT2D eigenvalue weighted by Crippen LogP contribution is -2.28. The number of aryl methyl sites for hydroxylation is 1. The zero-order valence-corrected chi connectivity index (χ0v) is 10.2. The van der Waals surface area contributed by atoms with E-state index in [0.29, 0.717) is 0 Å². The smallest absolute Gasteiger partial charge is 0.416 e. The molecular weight excluding hydrogens is 277 g/mol. The molecule has 0 atom stereocenters. The van der Waals surface area contributed by atoms with E-state index in [-0.39, 0.29) is 17.6 Å². The number of alkyl halides is 3. The Kier molecular flexibility index (Phi) is 3.24. The highest BCUT2D eigenvalue weighted by molar-refractivity contribution is 5.88. The molecule has 1 aromatic carbocycles. The third kappa shape index (κ3) is 2.24. The largest absolute Gasteiger partial charge is 0.476 e. The van der Waals surface area contributed by atoms with Crippen LogP contribution in [0.1, 0.15) is 23.0 Å². The van der Waals surface area contributed by atoms with Crippen molar-refractivity contribution >= 4 is 17.0 Å². The van der Waals surface area contributed by atoms with Crippen molar-refractivity contribution in [3.8, 4) is 0 Å². The van der Waals surface area contributed by atoms with Crippen LogP contribution in [-0.2, 0) is 12.7 Å². The van der Waals surface area contributed by atoms with Gasteiger partial charge in [0.15, 0.2) is 0 Å². The van der Waals surface area contributed by atoms with Crippen molar-refractivity contribution in [2.75, 3.05) is 0 Å². The Labute approximate surface area is 110 Å². The summed E-state index contributed by atoms with van der Waals surface area (Å²) in [4.78, 5) is 26.4. The van der Waals surface area contributed by atoms with Gasteiger partial charge in [-0.25, -0.2) is 9.78 Å². The number of rotatable bonds is 2. The number of fused-ring (bicyclic) bond motifs is 1. The van der Waals surface area contributed by atoms with Crippen molar-refractivity contribution in [2.24, 2.45) is 0 Å². The predicted octanol–water partition coefficient (Wildman–Crippen LogP) is 2.13. The highest BCUT2D eigenvalue weighted by atomic mass is 19.4. The van der Waals surface area contributed by atoms with E-state index < -0.39 is 29.0 Å². The van der Waals surface area contributed by atoms with Crippen molar-refractivity contribution in [2.45, 2.75) is 19.6 Å². The fourth-order valence-corrected chi connectivity index (χ4v) is 1.87. The van der Waals surface area contributed by atoms with E-state index in [9.17, 15) is 22.8 Å². The molecule has 0 radical (unpaired) electrons. The van der Waals surface area contributed by atoms with Gasteiger partial charge in [-0.1, -0.05) is 0 Å². The highest BCUT2D eigenvalue weighted by Crippen LogP contribution is 2.30. The standard InChI is InChI=1S/C12H9F3N2O3/c1-2-17-8-5-6(12(13,14)15)3-4-7(8)16-9(10(17)18)11(19)20/h3-5H,2H2,1H3,(H,19,20). The molecule has 1 heterocycles. The molecule has 0 saturated heterocycles. The summed E-state index contributed by atoms with van der Waals surface area (Å²) < 4.78 is 38.9. The monoisotopic (exact) mass is 286 g/mol. The molecule has 0 aliphatic heterocycles. The van der Waals surface area contributed by atoms with E-state index in [1.54, 1.807) is 0 Å². The number of benzene rings is 1. The first-order chi connectivity index (χ1) is 9.25. The Morgan fingerprint density at radius 1 is 1.40 bits per heavy atom. The molecule has 1 N–H and O–H groups in total. The zero-order chi connectivity index (χ0) is 15.1. The molecule has 2 aromatic rings. The van der Waals surface area contributed by atoms with Crippen LogP contribution >= 0.6 is 0 Å². The summed E-state index contributed by atoms with van der Waals surface area (Å²) in [5.74, 6) is -1.51. The molecule has 8 heteroatoms. The Balaban J connectivity index is 2.86. The average Bonchev–Trinajstić information content (AvgIpc) is 2.36. The van der Waals surface area contributed by atoms with Crippen molar-refractivity contribution in [1.29, 1.82) is 0 Å². The van der Waals surface area contributed by atoms with Gasteiger partial charge in [0, 0.05) is 6.54 Å². The molecule has 0 bridgehead atoms. The van der Waals surface area contributed by atoms with Crippen LogP contribution in [0.4, 0.5) is 13.2 Å². The molecule has 20 heavy (non-hydrogen) atoms. The quantitative estimate of drug-likeness (QED) is 0.918. The van der Waals surface area contributed by atoms with E-state index in [1.807, 2.05) is 0 Å². The SMILES string of the molecule is CCn1c(=O)c(C(=O)O)nc2ccc(C(F)(F)F)cc21. The van der Waals surface area contributed by atoms with Gasteiger partial charge >= 0.3 is 12.1 Å². The van der Waals surface area contributed by atoms with Gasteiger partial charge in [-0.05, 0) is 25.1 Å². The summed E-state index contributed by atoms with van der Waals surface area (Å²) in [5.41, 5.74) is -2.57. The lowest BCUT2D eigenvalue weighted by molar-refractivity contribution is -0.137. The Bertz CT molecular complexity index is 750. The Hall–Kier alpha value is -2.38. The summed E-state index contributed by atoms with van der Waals surface area (Å²) in [6, 6.07) is 2.64. The minimum absolute atomic E-state index is 0.0249. The number of carboxylic acid groups (broad SMARTS) is 1. The van der Waals surface area contributed by atoms with Crippen LogP contribution < -0.4 is 5.56 Å². The molecule has 0 saturated carbocycles. The Morgan fingerprint density at radius 3 is 2.55 bits per heavy atom. The maximum Gasteiger partial charge on any atom is 0.416 e. The highest BCUT2D eigenvalue weighted by Gasteiger charge is 2.31. The second-order valence-electron chi connectivity index (χ2n) is 4.02. The number of halogens is 3. The summed E-state index contributed by atoms with van der Waals surface area (Å²) >= 11 is 0. The van der Waals surface area contributed by atoms with Crippen LogP contribution in [0.2, 0.25) is 0 Å². The number of carbonyl (C=O) groups is 1. The van der Waals surface area contributed by atoms with Crippen LogP contribution in [0.5, 0.6) is 0 Å². The molecular formula is C12H9F3N2O3. The third-order valence-corrected chi connectivity index (χ3v) is 2.79. The van der Waals surface area contributed by atoms with Gasteiger partial charge in [-0.15, -0.1) is 0 Å². The second kappa shape index (κ2) is 4.62. The molecule has 0 unspecified atom stereocenters. The third-order valence-electron chi connectivity index (χ3n) is 2.79. The maximum absolute atomic E-state index is 12.7. The van der Waals surface area contributed by atoms with Crippen molar-refractivity contribution in [1.82, 2.24) is 9.55 Å². The lowest BCUT2D eigenvalue weighted by Gasteiger charge is -2.11. The molecule has 0 aliphatic rings. The van der Waals surface area contributed by atoms with Gasteiger partial charge in [-0.2, -0.15) is 13.2 Å². The molecule has 0 spiro atoms. The van der Waals surface area contributed by atoms with E-state index >= 15 is 0 Å². The topological polar surface area (TPSA) is 72.2 Å². The van der Waals surface area contributed by atoms with Crippen LogP contribution in [0, 0.1) is 0 Å². The van der Waals surface area contributed by atoms with Gasteiger partial charge in [0.2, 0.25) is 5.69 Å². The van der Waals surface area contributed by atoms with Crippen LogP contribution in [0.3, 0.4) is 0 Å². The number of aromatic carboxylic acids is 1. The first-order valence-electron chi connectivity index (χ1n) is 5.60. The van der Waals surface area contributed by atoms with Crippen LogP contribution in [0.25, 0.3) is 11.0 Å². The zero-order valence-electron chi connectivity index (χ0n) is 10.2. The van der Waals surface area contributed by atoms with Crippen LogP contribution in [0.15, 0.2) is 23.0 Å². The predicted molar refractivity (Wildman–Crippen MR) is 63.6 cm³/mol. The number of hydrogen-bond donors (Lipinski definition) is 1. The van der Waals surface area contributed by atoms with Gasteiger partial charge in [0.25, 0.3) is 5.56 Å². The van der Waals surface area contributed by atoms with Crippen molar-refractivity contribution < 1.29 is 23.1 Å². The summed E-state index contributed by atoms with van der Waals surface area (Å²) in [5, 5.41) is 8.87. The maximum atomic E-state index is 12.7. The fraction of sp³-hybridized carbons (Fsp3) is 0.250. The molecule has 1 aromatic heterocycles.